The van der Waals surface area contributed by atoms with Crippen LogP contribution in [0.25, 0.3) is 10.2 Å². The molecule has 0 bridgehead atoms. The first kappa shape index (κ1) is 10.3. The second-order valence-corrected chi connectivity index (χ2v) is 3.95. The minimum absolute atomic E-state index is 0.0207. The average molecular weight is 237 g/mol. The predicted molar refractivity (Wildman–Crippen MR) is 61.7 cm³/mol. The fourth-order valence-electron chi connectivity index (χ4n) is 1.17. The van der Waals surface area contributed by atoms with Crippen LogP contribution >= 0.6 is 11.3 Å². The van der Waals surface area contributed by atoms with Crippen molar-refractivity contribution < 1.29 is 4.92 Å². The molecule has 0 spiro atoms. The molecule has 2 aromatic rings. The Bertz CT molecular complexity index is 587. The molecule has 0 unspecified atom stereocenters. The van der Waals surface area contributed by atoms with E-state index in [9.17, 15) is 10.1 Å². The Morgan fingerprint density at radius 1 is 1.50 bits per heavy atom. The molecular weight excluding hydrogens is 230 g/mol. The van der Waals surface area contributed by atoms with E-state index in [0.29, 0.717) is 15.3 Å². The Morgan fingerprint density at radius 3 is 2.88 bits per heavy atom. The largest absolute Gasteiger partial charge is 0.370 e. The van der Waals surface area contributed by atoms with E-state index in [-0.39, 0.29) is 11.6 Å². The van der Waals surface area contributed by atoms with Gasteiger partial charge in [-0.05, 0) is 6.07 Å². The van der Waals surface area contributed by atoms with Crippen molar-refractivity contribution in [1.29, 1.82) is 0 Å². The predicted octanol–water partition coefficient (Wildman–Crippen LogP) is 1.11. The van der Waals surface area contributed by atoms with Crippen LogP contribution < -0.4 is 11.5 Å². The van der Waals surface area contributed by atoms with Crippen LogP contribution in [-0.2, 0) is 0 Å². The summed E-state index contributed by atoms with van der Waals surface area (Å²) in [7, 11) is 0. The maximum atomic E-state index is 10.6. The zero-order valence-corrected chi connectivity index (χ0v) is 8.77. The van der Waals surface area contributed by atoms with Crippen LogP contribution in [0.2, 0.25) is 0 Å². The topological polar surface area (TPSA) is 120 Å². The van der Waals surface area contributed by atoms with Crippen LogP contribution in [0.3, 0.4) is 0 Å². The number of nitrogens with zero attached hydrogens (tertiary/aromatic N) is 3. The summed E-state index contributed by atoms with van der Waals surface area (Å²) < 4.78 is 0.675. The maximum Gasteiger partial charge on any atom is 0.270 e. The summed E-state index contributed by atoms with van der Waals surface area (Å²) in [6.45, 7) is 0. The van der Waals surface area contributed by atoms with Gasteiger partial charge >= 0.3 is 0 Å². The molecule has 2 rings (SSSR count). The number of aliphatic imine (C=N–C) groups is 1. The number of thiazole rings is 1. The number of aromatic nitrogens is 1. The number of hydrogen-bond donors (Lipinski definition) is 2. The summed E-state index contributed by atoms with van der Waals surface area (Å²) in [5.41, 5.74) is 11.1. The van der Waals surface area contributed by atoms with Crippen molar-refractivity contribution in [2.24, 2.45) is 16.5 Å². The normalized spacial score (nSPS) is 10.2. The number of nitro benzene ring substituents is 1. The Hall–Kier alpha value is -2.22. The summed E-state index contributed by atoms with van der Waals surface area (Å²) in [6.07, 6.45) is 0. The first-order valence-corrected chi connectivity index (χ1v) is 5.02. The van der Waals surface area contributed by atoms with Crippen molar-refractivity contribution in [3.8, 4) is 0 Å². The van der Waals surface area contributed by atoms with Crippen molar-refractivity contribution in [3.63, 3.8) is 0 Å². The van der Waals surface area contributed by atoms with Crippen LogP contribution in [0.1, 0.15) is 0 Å². The zero-order chi connectivity index (χ0) is 11.7. The van der Waals surface area contributed by atoms with Crippen molar-refractivity contribution >= 4 is 38.3 Å². The molecule has 82 valence electrons. The minimum atomic E-state index is -0.459. The Labute approximate surface area is 93.6 Å². The molecule has 0 saturated heterocycles. The van der Waals surface area contributed by atoms with Crippen LogP contribution in [0.4, 0.5) is 10.8 Å². The number of nitro groups is 1. The third kappa shape index (κ3) is 1.91. The van der Waals surface area contributed by atoms with Crippen molar-refractivity contribution in [2.75, 3.05) is 0 Å². The number of fused-ring (bicyclic) bond motifs is 1. The van der Waals surface area contributed by atoms with E-state index < -0.39 is 4.92 Å². The lowest BCUT2D eigenvalue weighted by Crippen LogP contribution is -2.21. The highest BCUT2D eigenvalue weighted by molar-refractivity contribution is 7.22. The molecule has 0 amide bonds. The van der Waals surface area contributed by atoms with Crippen LogP contribution in [0, 0.1) is 10.1 Å². The molecule has 1 aromatic carbocycles. The fraction of sp³-hybridized carbons (Fsp3) is 0. The van der Waals surface area contributed by atoms with Gasteiger partial charge in [0, 0.05) is 12.1 Å². The van der Waals surface area contributed by atoms with Gasteiger partial charge in [0.25, 0.3) is 5.69 Å². The quantitative estimate of drug-likeness (QED) is 0.350. The highest BCUT2D eigenvalue weighted by Gasteiger charge is 2.09. The SMILES string of the molecule is NC(N)=Nc1nc2ccc([N+](=O)[O-])cc2s1. The van der Waals surface area contributed by atoms with E-state index in [4.69, 9.17) is 11.5 Å². The lowest BCUT2D eigenvalue weighted by molar-refractivity contribution is -0.384. The molecule has 4 N–H and O–H groups in total. The van der Waals surface area contributed by atoms with Crippen LogP contribution in [0.5, 0.6) is 0 Å². The van der Waals surface area contributed by atoms with E-state index in [0.717, 1.165) is 0 Å². The second-order valence-electron chi connectivity index (χ2n) is 2.94. The van der Waals surface area contributed by atoms with Crippen LogP contribution in [0.15, 0.2) is 23.2 Å². The van der Waals surface area contributed by atoms with E-state index in [1.165, 1.54) is 23.5 Å². The van der Waals surface area contributed by atoms with Gasteiger partial charge in [0.1, 0.15) is 0 Å². The smallest absolute Gasteiger partial charge is 0.270 e. The van der Waals surface area contributed by atoms with Gasteiger partial charge in [0.05, 0.1) is 15.1 Å². The Morgan fingerprint density at radius 2 is 2.25 bits per heavy atom. The van der Waals surface area contributed by atoms with Gasteiger partial charge in [-0.1, -0.05) is 11.3 Å². The molecule has 0 aliphatic carbocycles. The summed E-state index contributed by atoms with van der Waals surface area (Å²) in [4.78, 5) is 18.0. The monoisotopic (exact) mass is 237 g/mol. The lowest BCUT2D eigenvalue weighted by atomic mass is 10.3. The molecule has 1 aromatic heterocycles. The standard InChI is InChI=1S/C8H7N5O2S/c9-7(10)12-8-11-5-2-1-4(13(14)15)3-6(5)16-8/h1-3H,(H4,9,10,11,12). The van der Waals surface area contributed by atoms with E-state index in [1.807, 2.05) is 0 Å². The van der Waals surface area contributed by atoms with Gasteiger partial charge in [-0.25, -0.2) is 4.98 Å². The highest BCUT2D eigenvalue weighted by Crippen LogP contribution is 2.30. The first-order chi connectivity index (χ1) is 7.56. The summed E-state index contributed by atoms with van der Waals surface area (Å²) in [5, 5.41) is 10.9. The van der Waals surface area contributed by atoms with Gasteiger partial charge in [-0.3, -0.25) is 10.1 Å². The highest BCUT2D eigenvalue weighted by atomic mass is 32.1. The second kappa shape index (κ2) is 3.74. The first-order valence-electron chi connectivity index (χ1n) is 4.21. The van der Waals surface area contributed by atoms with Crippen molar-refractivity contribution in [1.82, 2.24) is 4.98 Å². The van der Waals surface area contributed by atoms with Crippen LogP contribution in [-0.4, -0.2) is 15.9 Å². The van der Waals surface area contributed by atoms with E-state index >= 15 is 0 Å². The molecule has 7 nitrogen and oxygen atoms in total. The fourth-order valence-corrected chi connectivity index (χ4v) is 2.06. The number of non-ortho nitro benzene ring substituents is 1. The van der Waals surface area contributed by atoms with Crippen molar-refractivity contribution in [2.45, 2.75) is 0 Å². The molecule has 8 heteroatoms. The molecule has 16 heavy (non-hydrogen) atoms. The minimum Gasteiger partial charge on any atom is -0.370 e. The molecule has 0 saturated carbocycles. The Kier molecular flexibility index (Phi) is 2.41. The summed E-state index contributed by atoms with van der Waals surface area (Å²) >= 11 is 1.19. The lowest BCUT2D eigenvalue weighted by Gasteiger charge is -1.88. The van der Waals surface area contributed by atoms with Gasteiger partial charge in [-0.2, -0.15) is 4.99 Å². The molecule has 0 aliphatic rings. The third-order valence-corrected chi connectivity index (χ3v) is 2.71. The third-order valence-electron chi connectivity index (χ3n) is 1.80. The number of rotatable bonds is 2. The molecule has 0 aliphatic heterocycles. The van der Waals surface area contributed by atoms with E-state index in [2.05, 4.69) is 9.98 Å². The Balaban J connectivity index is 2.54. The van der Waals surface area contributed by atoms with Gasteiger partial charge in [-0.15, -0.1) is 0 Å². The molecule has 1 heterocycles. The molecule has 0 fully saturated rings. The summed E-state index contributed by atoms with van der Waals surface area (Å²) in [5.74, 6) is -0.0893. The van der Waals surface area contributed by atoms with E-state index in [1.54, 1.807) is 6.07 Å². The molecule has 0 atom stereocenters. The summed E-state index contributed by atoms with van der Waals surface area (Å²) in [6, 6.07) is 4.40. The number of guanidine groups is 1. The van der Waals surface area contributed by atoms with Gasteiger partial charge < -0.3 is 11.5 Å². The molecule has 0 radical (unpaired) electrons. The van der Waals surface area contributed by atoms with Gasteiger partial charge in [0.2, 0.25) is 5.13 Å². The number of benzene rings is 1. The zero-order valence-electron chi connectivity index (χ0n) is 7.95. The average Bonchev–Trinajstić information content (AvgIpc) is 2.56. The van der Waals surface area contributed by atoms with Crippen molar-refractivity contribution in [3.05, 3.63) is 28.3 Å². The number of nitrogens with two attached hydrogens (primary N) is 2. The maximum absolute atomic E-state index is 10.6. The molecular formula is C8H7N5O2S. The van der Waals surface area contributed by atoms with Gasteiger partial charge in [0.15, 0.2) is 5.96 Å². The number of hydrogen-bond acceptors (Lipinski definition) is 5.